The van der Waals surface area contributed by atoms with E-state index in [1.54, 1.807) is 0 Å². The van der Waals surface area contributed by atoms with E-state index in [0.717, 1.165) is 37.5 Å². The van der Waals surface area contributed by atoms with Crippen LogP contribution in [0.5, 0.6) is 0 Å². The van der Waals surface area contributed by atoms with E-state index in [1.165, 1.54) is 0 Å². The normalized spacial score (nSPS) is 17.7. The largest absolute Gasteiger partial charge is 0.338 e. The van der Waals surface area contributed by atoms with Gasteiger partial charge in [0.2, 0.25) is 5.89 Å². The predicted molar refractivity (Wildman–Crippen MR) is 83.5 cm³/mol. The highest BCUT2D eigenvalue weighted by molar-refractivity contribution is 7.89. The summed E-state index contributed by atoms with van der Waals surface area (Å²) >= 11 is 5.97. The average Bonchev–Trinajstić information content (AvgIpc) is 3.07. The quantitative estimate of drug-likeness (QED) is 0.854. The fraction of sp³-hybridized carbons (Fsp3) is 0.467. The molecule has 1 aliphatic rings. The van der Waals surface area contributed by atoms with Crippen LogP contribution in [0.2, 0.25) is 5.02 Å². The van der Waals surface area contributed by atoms with Gasteiger partial charge in [0.1, 0.15) is 5.75 Å². The monoisotopic (exact) mass is 340 g/mol. The zero-order valence-electron chi connectivity index (χ0n) is 12.3. The van der Waals surface area contributed by atoms with Crippen LogP contribution in [0.1, 0.15) is 43.0 Å². The Labute approximate surface area is 134 Å². The molecule has 1 fully saturated rings. The van der Waals surface area contributed by atoms with Crippen molar-refractivity contribution in [3.8, 4) is 0 Å². The Kier molecular flexibility index (Phi) is 3.99. The van der Waals surface area contributed by atoms with Crippen molar-refractivity contribution in [3.63, 3.8) is 0 Å². The van der Waals surface area contributed by atoms with Crippen LogP contribution in [0, 0.1) is 0 Å². The molecule has 1 aromatic heterocycles. The van der Waals surface area contributed by atoms with Crippen LogP contribution in [0.15, 0.2) is 28.8 Å². The molecule has 0 N–H and O–H groups in total. The Morgan fingerprint density at radius 3 is 2.45 bits per heavy atom. The van der Waals surface area contributed by atoms with Gasteiger partial charge < -0.3 is 4.52 Å². The second kappa shape index (κ2) is 5.66. The molecular formula is C15H17ClN2O3S. The van der Waals surface area contributed by atoms with Gasteiger partial charge >= 0.3 is 0 Å². The Hall–Kier alpha value is -1.40. The third-order valence-corrected chi connectivity index (χ3v) is 5.16. The van der Waals surface area contributed by atoms with E-state index in [4.69, 9.17) is 16.1 Å². The molecule has 22 heavy (non-hydrogen) atoms. The smallest absolute Gasteiger partial charge is 0.237 e. The van der Waals surface area contributed by atoms with Crippen molar-refractivity contribution in [3.05, 3.63) is 46.6 Å². The van der Waals surface area contributed by atoms with Gasteiger partial charge in [0.05, 0.1) is 5.41 Å². The topological polar surface area (TPSA) is 73.1 Å². The molecule has 0 unspecified atom stereocenters. The van der Waals surface area contributed by atoms with Gasteiger partial charge in [-0.2, -0.15) is 4.98 Å². The van der Waals surface area contributed by atoms with E-state index in [0.29, 0.717) is 10.9 Å². The molecule has 0 spiro atoms. The predicted octanol–water partition coefficient (Wildman–Crippen LogP) is 3.13. The van der Waals surface area contributed by atoms with Gasteiger partial charge in [0, 0.05) is 11.3 Å². The van der Waals surface area contributed by atoms with E-state index in [2.05, 4.69) is 10.1 Å². The van der Waals surface area contributed by atoms with Crippen LogP contribution in [0.25, 0.3) is 0 Å². The van der Waals surface area contributed by atoms with Crippen LogP contribution in [0.4, 0.5) is 0 Å². The van der Waals surface area contributed by atoms with Crippen molar-refractivity contribution in [2.45, 2.75) is 36.9 Å². The maximum absolute atomic E-state index is 11.4. The summed E-state index contributed by atoms with van der Waals surface area (Å²) in [7, 11) is -3.18. The van der Waals surface area contributed by atoms with Gasteiger partial charge in [-0.05, 0) is 30.5 Å². The van der Waals surface area contributed by atoms with E-state index >= 15 is 0 Å². The van der Waals surface area contributed by atoms with E-state index in [-0.39, 0.29) is 17.0 Å². The number of hydrogen-bond acceptors (Lipinski definition) is 5. The number of aromatic nitrogens is 2. The molecule has 0 saturated heterocycles. The van der Waals surface area contributed by atoms with Gasteiger partial charge in [0.15, 0.2) is 15.7 Å². The molecule has 0 bridgehead atoms. The summed E-state index contributed by atoms with van der Waals surface area (Å²) in [4.78, 5) is 4.36. The molecule has 1 aliphatic carbocycles. The van der Waals surface area contributed by atoms with Gasteiger partial charge in [-0.15, -0.1) is 0 Å². The maximum atomic E-state index is 11.4. The fourth-order valence-electron chi connectivity index (χ4n) is 3.11. The molecule has 1 aromatic carbocycles. The molecule has 1 saturated carbocycles. The second-order valence-corrected chi connectivity index (χ2v) is 8.46. The van der Waals surface area contributed by atoms with Crippen LogP contribution in [-0.2, 0) is 21.0 Å². The first-order valence-corrected chi connectivity index (χ1v) is 9.60. The zero-order chi connectivity index (χ0) is 15.8. The highest BCUT2D eigenvalue weighted by Crippen LogP contribution is 2.45. The summed E-state index contributed by atoms with van der Waals surface area (Å²) in [6, 6.07) is 7.66. The lowest BCUT2D eigenvalue weighted by Crippen LogP contribution is -2.24. The Morgan fingerprint density at radius 1 is 1.23 bits per heavy atom. The summed E-state index contributed by atoms with van der Waals surface area (Å²) in [6.07, 6.45) is 5.14. The molecule has 0 aliphatic heterocycles. The SMILES string of the molecule is CS(=O)(=O)Cc1noc(C2(c3ccc(Cl)cc3)CCCC2)n1. The number of sulfone groups is 1. The molecule has 0 radical (unpaired) electrons. The molecule has 0 atom stereocenters. The third kappa shape index (κ3) is 3.03. The number of rotatable bonds is 4. The van der Waals surface area contributed by atoms with Crippen LogP contribution in [-0.4, -0.2) is 24.8 Å². The molecular weight excluding hydrogens is 324 g/mol. The van der Waals surface area contributed by atoms with E-state index in [1.807, 2.05) is 24.3 Å². The summed E-state index contributed by atoms with van der Waals surface area (Å²) in [5, 5.41) is 4.52. The Bertz CT molecular complexity index is 762. The lowest BCUT2D eigenvalue weighted by molar-refractivity contribution is 0.309. The van der Waals surface area contributed by atoms with Crippen LogP contribution in [0.3, 0.4) is 0 Å². The minimum absolute atomic E-state index is 0.201. The van der Waals surface area contributed by atoms with Crippen molar-refractivity contribution < 1.29 is 12.9 Å². The zero-order valence-corrected chi connectivity index (χ0v) is 13.8. The van der Waals surface area contributed by atoms with Gasteiger partial charge in [-0.3, -0.25) is 0 Å². The second-order valence-electron chi connectivity index (χ2n) is 5.88. The molecule has 118 valence electrons. The first-order valence-electron chi connectivity index (χ1n) is 7.16. The van der Waals surface area contributed by atoms with Gasteiger partial charge in [-0.1, -0.05) is 41.7 Å². The molecule has 3 rings (SSSR count). The Morgan fingerprint density at radius 2 is 1.86 bits per heavy atom. The Balaban J connectivity index is 1.99. The van der Waals surface area contributed by atoms with Crippen molar-refractivity contribution >= 4 is 21.4 Å². The molecule has 2 aromatic rings. The number of benzene rings is 1. The number of halogens is 1. The standard InChI is InChI=1S/C15H17ClN2O3S/c1-22(19,20)10-13-17-14(21-18-13)15(8-2-3-9-15)11-4-6-12(16)7-5-11/h4-7H,2-3,8-10H2,1H3. The van der Waals surface area contributed by atoms with Crippen molar-refractivity contribution in [1.82, 2.24) is 10.1 Å². The van der Waals surface area contributed by atoms with Gasteiger partial charge in [-0.25, -0.2) is 8.42 Å². The molecule has 0 amide bonds. The lowest BCUT2D eigenvalue weighted by atomic mass is 9.79. The van der Waals surface area contributed by atoms with Crippen LogP contribution >= 0.6 is 11.6 Å². The lowest BCUT2D eigenvalue weighted by Gasteiger charge is -2.25. The van der Waals surface area contributed by atoms with E-state index in [9.17, 15) is 8.42 Å². The summed E-state index contributed by atoms with van der Waals surface area (Å²) in [5.74, 6) is 0.524. The summed E-state index contributed by atoms with van der Waals surface area (Å²) in [5.41, 5.74) is 0.761. The summed E-state index contributed by atoms with van der Waals surface area (Å²) < 4.78 is 28.2. The third-order valence-electron chi connectivity index (χ3n) is 4.12. The van der Waals surface area contributed by atoms with Crippen LogP contribution < -0.4 is 0 Å². The summed E-state index contributed by atoms with van der Waals surface area (Å²) in [6.45, 7) is 0. The van der Waals surface area contributed by atoms with Crippen molar-refractivity contribution in [1.29, 1.82) is 0 Å². The van der Waals surface area contributed by atoms with Gasteiger partial charge in [0.25, 0.3) is 0 Å². The number of nitrogens with zero attached hydrogens (tertiary/aromatic N) is 2. The molecule has 7 heteroatoms. The average molecular weight is 341 g/mol. The first-order chi connectivity index (χ1) is 10.4. The highest BCUT2D eigenvalue weighted by Gasteiger charge is 2.42. The number of hydrogen-bond donors (Lipinski definition) is 0. The van der Waals surface area contributed by atoms with E-state index < -0.39 is 9.84 Å². The minimum atomic E-state index is -3.18. The minimum Gasteiger partial charge on any atom is -0.338 e. The maximum Gasteiger partial charge on any atom is 0.237 e. The van der Waals surface area contributed by atoms with Crippen molar-refractivity contribution in [2.24, 2.45) is 0 Å². The molecule has 1 heterocycles. The molecule has 5 nitrogen and oxygen atoms in total. The highest BCUT2D eigenvalue weighted by atomic mass is 35.5. The fourth-order valence-corrected chi connectivity index (χ4v) is 3.83. The van der Waals surface area contributed by atoms with Crippen molar-refractivity contribution in [2.75, 3.05) is 6.26 Å². The first kappa shape index (κ1) is 15.5.